The second kappa shape index (κ2) is 9.60. The fourth-order valence-electron chi connectivity index (χ4n) is 3.84. The number of benzene rings is 2. The maximum absolute atomic E-state index is 13.0. The molecule has 2 heterocycles. The molecule has 7 heteroatoms. The Labute approximate surface area is 187 Å². The molecule has 3 aromatic rings. The van der Waals surface area contributed by atoms with Gasteiger partial charge in [0.05, 0.1) is 0 Å². The lowest BCUT2D eigenvalue weighted by molar-refractivity contribution is -0.137. The van der Waals surface area contributed by atoms with Gasteiger partial charge in [-0.2, -0.15) is 0 Å². The van der Waals surface area contributed by atoms with Gasteiger partial charge in [-0.15, -0.1) is 0 Å². The number of nitrogens with zero attached hydrogens (tertiary/aromatic N) is 3. The first-order valence-corrected chi connectivity index (χ1v) is 10.8. The van der Waals surface area contributed by atoms with Crippen LogP contribution in [0.1, 0.15) is 23.7 Å². The molecule has 1 N–H and O–H groups in total. The summed E-state index contributed by atoms with van der Waals surface area (Å²) in [6.07, 6.45) is 3.99. The van der Waals surface area contributed by atoms with Crippen molar-refractivity contribution in [2.45, 2.75) is 19.4 Å². The van der Waals surface area contributed by atoms with E-state index in [1.54, 1.807) is 24.0 Å². The number of amides is 2. The summed E-state index contributed by atoms with van der Waals surface area (Å²) in [5.74, 6) is 0.543. The molecule has 2 aromatic carbocycles. The van der Waals surface area contributed by atoms with Gasteiger partial charge in [-0.05, 0) is 74.0 Å². The van der Waals surface area contributed by atoms with Crippen molar-refractivity contribution in [3.8, 4) is 17.2 Å². The molecule has 0 bridgehead atoms. The molecule has 4 rings (SSSR count). The van der Waals surface area contributed by atoms with Crippen molar-refractivity contribution >= 4 is 11.8 Å². The Morgan fingerprint density at radius 2 is 1.50 bits per heavy atom. The van der Waals surface area contributed by atoms with Crippen molar-refractivity contribution in [3.63, 3.8) is 0 Å². The van der Waals surface area contributed by atoms with E-state index in [-0.39, 0.29) is 17.6 Å². The van der Waals surface area contributed by atoms with Crippen molar-refractivity contribution in [3.05, 3.63) is 78.6 Å². The Bertz CT molecular complexity index is 1050. The highest BCUT2D eigenvalue weighted by Gasteiger charge is 2.26. The molecule has 0 aliphatic carbocycles. The van der Waals surface area contributed by atoms with Crippen LogP contribution >= 0.6 is 0 Å². The quantitative estimate of drug-likeness (QED) is 0.670. The lowest BCUT2D eigenvalue weighted by Crippen LogP contribution is -2.43. The molecule has 1 aliphatic heterocycles. The summed E-state index contributed by atoms with van der Waals surface area (Å²) in [7, 11) is 0. The molecule has 166 valence electrons. The van der Waals surface area contributed by atoms with E-state index in [0.717, 1.165) is 5.69 Å². The number of carbonyl (C=O) groups is 2. The van der Waals surface area contributed by atoms with Gasteiger partial charge in [-0.3, -0.25) is 9.59 Å². The summed E-state index contributed by atoms with van der Waals surface area (Å²) in [6, 6.07) is 17.8. The van der Waals surface area contributed by atoms with E-state index in [4.69, 9.17) is 4.74 Å². The summed E-state index contributed by atoms with van der Waals surface area (Å²) in [6.45, 7) is 3.86. The summed E-state index contributed by atoms with van der Waals surface area (Å²) in [5.41, 5.74) is 1.64. The molecule has 1 unspecified atom stereocenters. The van der Waals surface area contributed by atoms with Crippen molar-refractivity contribution in [1.82, 2.24) is 14.4 Å². The number of phenols is 1. The second-order valence-corrected chi connectivity index (χ2v) is 7.86. The van der Waals surface area contributed by atoms with Gasteiger partial charge in [-0.1, -0.05) is 0 Å². The monoisotopic (exact) mass is 433 g/mol. The zero-order valence-electron chi connectivity index (χ0n) is 18.1. The SMILES string of the molecule is CC(Oc1ccc(O)cc1)C(=O)N1CCCN(C(=O)c2ccc(-n3cccc3)cc2)CC1. The summed E-state index contributed by atoms with van der Waals surface area (Å²) in [5, 5.41) is 9.38. The van der Waals surface area contributed by atoms with Crippen LogP contribution in [0.5, 0.6) is 11.5 Å². The van der Waals surface area contributed by atoms with Gasteiger partial charge < -0.3 is 24.2 Å². The van der Waals surface area contributed by atoms with Crippen LogP contribution in [0.2, 0.25) is 0 Å². The van der Waals surface area contributed by atoms with E-state index in [1.165, 1.54) is 12.1 Å². The Morgan fingerprint density at radius 3 is 2.19 bits per heavy atom. The first-order valence-electron chi connectivity index (χ1n) is 10.8. The highest BCUT2D eigenvalue weighted by atomic mass is 16.5. The van der Waals surface area contributed by atoms with Gasteiger partial charge in [0.15, 0.2) is 6.10 Å². The van der Waals surface area contributed by atoms with Crippen LogP contribution in [0.25, 0.3) is 5.69 Å². The standard InChI is InChI=1S/C25H27N3O4/c1-19(32-23-11-9-22(29)10-12-23)24(30)27-15-4-16-28(18-17-27)25(31)20-5-7-21(8-6-20)26-13-2-3-14-26/h2-3,5-14,19,29H,4,15-18H2,1H3. The van der Waals surface area contributed by atoms with Crippen LogP contribution in [-0.4, -0.2) is 63.6 Å². The minimum atomic E-state index is -0.650. The smallest absolute Gasteiger partial charge is 0.263 e. The van der Waals surface area contributed by atoms with E-state index in [0.29, 0.717) is 43.9 Å². The Morgan fingerprint density at radius 1 is 0.875 bits per heavy atom. The molecular weight excluding hydrogens is 406 g/mol. The van der Waals surface area contributed by atoms with E-state index in [1.807, 2.05) is 58.3 Å². The van der Waals surface area contributed by atoms with Gasteiger partial charge in [-0.25, -0.2) is 0 Å². The minimum Gasteiger partial charge on any atom is -0.508 e. The summed E-state index contributed by atoms with van der Waals surface area (Å²) in [4.78, 5) is 29.4. The van der Waals surface area contributed by atoms with Crippen LogP contribution in [-0.2, 0) is 4.79 Å². The normalized spacial score (nSPS) is 15.2. The number of hydrogen-bond donors (Lipinski definition) is 1. The number of aromatic hydroxyl groups is 1. The molecule has 7 nitrogen and oxygen atoms in total. The van der Waals surface area contributed by atoms with Gasteiger partial charge in [0.1, 0.15) is 11.5 Å². The fourth-order valence-corrected chi connectivity index (χ4v) is 3.84. The molecule has 1 saturated heterocycles. The number of phenolic OH excluding ortho intramolecular Hbond substituents is 1. The zero-order valence-corrected chi connectivity index (χ0v) is 18.1. The predicted octanol–water partition coefficient (Wildman–Crippen LogP) is 3.32. The van der Waals surface area contributed by atoms with Crippen LogP contribution in [0.4, 0.5) is 0 Å². The number of hydrogen-bond acceptors (Lipinski definition) is 4. The van der Waals surface area contributed by atoms with Crippen LogP contribution in [0.3, 0.4) is 0 Å². The average molecular weight is 434 g/mol. The molecule has 0 spiro atoms. The maximum Gasteiger partial charge on any atom is 0.263 e. The molecular formula is C25H27N3O4. The van der Waals surface area contributed by atoms with Crippen LogP contribution in [0, 0.1) is 0 Å². The van der Waals surface area contributed by atoms with Crippen molar-refractivity contribution in [1.29, 1.82) is 0 Å². The highest BCUT2D eigenvalue weighted by molar-refractivity contribution is 5.94. The molecule has 1 fully saturated rings. The van der Waals surface area contributed by atoms with E-state index in [2.05, 4.69) is 0 Å². The van der Waals surface area contributed by atoms with Gasteiger partial charge in [0.25, 0.3) is 11.8 Å². The lowest BCUT2D eigenvalue weighted by atomic mass is 10.1. The molecule has 32 heavy (non-hydrogen) atoms. The lowest BCUT2D eigenvalue weighted by Gasteiger charge is -2.25. The number of aromatic nitrogens is 1. The molecule has 0 radical (unpaired) electrons. The predicted molar refractivity (Wildman–Crippen MR) is 121 cm³/mol. The van der Waals surface area contributed by atoms with Crippen molar-refractivity contribution < 1.29 is 19.4 Å². The molecule has 0 saturated carbocycles. The number of carbonyl (C=O) groups excluding carboxylic acids is 2. The van der Waals surface area contributed by atoms with E-state index in [9.17, 15) is 14.7 Å². The minimum absolute atomic E-state index is 0.0215. The van der Waals surface area contributed by atoms with E-state index >= 15 is 0 Å². The molecule has 1 aromatic heterocycles. The third-order valence-corrected chi connectivity index (χ3v) is 5.61. The van der Waals surface area contributed by atoms with Crippen LogP contribution < -0.4 is 4.74 Å². The fraction of sp³-hybridized carbons (Fsp3) is 0.280. The van der Waals surface area contributed by atoms with Gasteiger partial charge in [0, 0.05) is 49.8 Å². The Kier molecular flexibility index (Phi) is 6.44. The van der Waals surface area contributed by atoms with Crippen LogP contribution in [0.15, 0.2) is 73.1 Å². The topological polar surface area (TPSA) is 75.0 Å². The number of ether oxygens (including phenoxy) is 1. The molecule has 1 atom stereocenters. The zero-order chi connectivity index (χ0) is 22.5. The largest absolute Gasteiger partial charge is 0.508 e. The second-order valence-electron chi connectivity index (χ2n) is 7.86. The third kappa shape index (κ3) is 4.94. The first-order chi connectivity index (χ1) is 15.5. The molecule has 1 aliphatic rings. The van der Waals surface area contributed by atoms with Crippen molar-refractivity contribution in [2.24, 2.45) is 0 Å². The highest BCUT2D eigenvalue weighted by Crippen LogP contribution is 2.19. The molecule has 2 amide bonds. The maximum atomic E-state index is 13.0. The van der Waals surface area contributed by atoms with Crippen molar-refractivity contribution in [2.75, 3.05) is 26.2 Å². The first kappa shape index (κ1) is 21.5. The average Bonchev–Trinajstić information content (AvgIpc) is 3.24. The van der Waals surface area contributed by atoms with E-state index < -0.39 is 6.10 Å². The van der Waals surface area contributed by atoms with Gasteiger partial charge >= 0.3 is 0 Å². The number of rotatable bonds is 5. The third-order valence-electron chi connectivity index (χ3n) is 5.61. The Balaban J connectivity index is 1.34. The Hall–Kier alpha value is -3.74. The van der Waals surface area contributed by atoms with Gasteiger partial charge in [0.2, 0.25) is 0 Å². The summed E-state index contributed by atoms with van der Waals surface area (Å²) < 4.78 is 7.72. The summed E-state index contributed by atoms with van der Waals surface area (Å²) >= 11 is 0.